The van der Waals surface area contributed by atoms with Crippen LogP contribution in [-0.4, -0.2) is 23.8 Å². The van der Waals surface area contributed by atoms with Crippen molar-refractivity contribution in [3.8, 4) is 18.1 Å². The minimum absolute atomic E-state index is 0.104. The van der Waals surface area contributed by atoms with Gasteiger partial charge in [-0.3, -0.25) is 9.36 Å². The standard InChI is InChI=1S/C26H19ClI2N2O4S/c1-4-10-35-23-15(11-16(28)13-19(23)29)12-20-24(32)31-22(17-8-6-7-9-18(17)27)21(25(33)34-5-2)14(3)30-26(31)36-20/h1,6-9,11-13,22H,5,10H2,2-3H3/b20-12-/t22-/m1/s1. The third kappa shape index (κ3) is 5.27. The molecule has 0 amide bonds. The highest BCUT2D eigenvalue weighted by Gasteiger charge is 2.34. The average Bonchev–Trinajstić information content (AvgIpc) is 3.12. The first-order valence-corrected chi connectivity index (χ1v) is 14.1. The zero-order chi connectivity index (χ0) is 26.0. The van der Waals surface area contributed by atoms with Gasteiger partial charge in [-0.1, -0.05) is 47.1 Å². The number of esters is 1. The normalized spacial score (nSPS) is 15.2. The number of nitrogens with zero attached hydrogens (tertiary/aromatic N) is 2. The van der Waals surface area contributed by atoms with Crippen molar-refractivity contribution in [3.05, 3.63) is 90.6 Å². The Hall–Kier alpha value is -2.14. The third-order valence-corrected chi connectivity index (χ3v) is 8.09. The molecular weight excluding hydrogens is 726 g/mol. The maximum Gasteiger partial charge on any atom is 0.338 e. The van der Waals surface area contributed by atoms with E-state index in [0.29, 0.717) is 31.4 Å². The van der Waals surface area contributed by atoms with Gasteiger partial charge in [-0.05, 0) is 88.9 Å². The molecule has 3 aromatic rings. The number of ether oxygens (including phenoxy) is 2. The van der Waals surface area contributed by atoms with E-state index in [9.17, 15) is 9.59 Å². The Morgan fingerprint density at radius 3 is 2.78 bits per heavy atom. The highest BCUT2D eigenvalue weighted by Crippen LogP contribution is 2.34. The van der Waals surface area contributed by atoms with Gasteiger partial charge < -0.3 is 9.47 Å². The second-order valence-electron chi connectivity index (χ2n) is 7.62. The van der Waals surface area contributed by atoms with E-state index < -0.39 is 12.0 Å². The van der Waals surface area contributed by atoms with Gasteiger partial charge in [0, 0.05) is 14.2 Å². The number of carbonyl (C=O) groups excluding carboxylic acids is 1. The minimum atomic E-state index is -0.774. The van der Waals surface area contributed by atoms with Gasteiger partial charge in [0.1, 0.15) is 18.4 Å². The van der Waals surface area contributed by atoms with Gasteiger partial charge in [-0.2, -0.15) is 0 Å². The summed E-state index contributed by atoms with van der Waals surface area (Å²) in [6, 6.07) is 10.3. The Balaban J connectivity index is 1.99. The van der Waals surface area contributed by atoms with Crippen molar-refractivity contribution in [2.24, 2.45) is 4.99 Å². The van der Waals surface area contributed by atoms with Crippen LogP contribution in [0.4, 0.5) is 0 Å². The topological polar surface area (TPSA) is 69.9 Å². The fourth-order valence-corrected chi connectivity index (χ4v) is 7.20. The number of aromatic nitrogens is 1. The Morgan fingerprint density at radius 2 is 2.08 bits per heavy atom. The first kappa shape index (κ1) is 26.9. The van der Waals surface area contributed by atoms with Gasteiger partial charge in [0.25, 0.3) is 5.56 Å². The zero-order valence-corrected chi connectivity index (χ0v) is 25.1. The van der Waals surface area contributed by atoms with E-state index in [0.717, 1.165) is 12.7 Å². The lowest BCUT2D eigenvalue weighted by molar-refractivity contribution is -0.139. The van der Waals surface area contributed by atoms with Crippen molar-refractivity contribution >= 4 is 80.2 Å². The maximum atomic E-state index is 13.8. The van der Waals surface area contributed by atoms with Crippen molar-refractivity contribution in [3.63, 3.8) is 0 Å². The largest absolute Gasteiger partial charge is 0.479 e. The van der Waals surface area contributed by atoms with E-state index in [1.165, 1.54) is 15.9 Å². The number of hydrogen-bond donors (Lipinski definition) is 0. The van der Waals surface area contributed by atoms with Crippen LogP contribution in [-0.2, 0) is 9.53 Å². The van der Waals surface area contributed by atoms with E-state index in [2.05, 4.69) is 56.1 Å². The summed E-state index contributed by atoms with van der Waals surface area (Å²) in [5.74, 6) is 2.55. The molecule has 0 aliphatic carbocycles. The summed E-state index contributed by atoms with van der Waals surface area (Å²) in [4.78, 5) is 31.9. The molecule has 4 rings (SSSR count). The van der Waals surface area contributed by atoms with E-state index in [-0.39, 0.29) is 24.3 Å². The maximum absolute atomic E-state index is 13.8. The summed E-state index contributed by atoms with van der Waals surface area (Å²) < 4.78 is 14.9. The van der Waals surface area contributed by atoms with Crippen molar-refractivity contribution in [1.29, 1.82) is 0 Å². The monoisotopic (exact) mass is 744 g/mol. The van der Waals surface area contributed by atoms with Crippen LogP contribution in [0.25, 0.3) is 6.08 Å². The summed E-state index contributed by atoms with van der Waals surface area (Å²) in [6.45, 7) is 3.77. The molecule has 2 heterocycles. The molecule has 1 aromatic heterocycles. The molecule has 184 valence electrons. The summed E-state index contributed by atoms with van der Waals surface area (Å²) in [7, 11) is 0. The van der Waals surface area contributed by atoms with Crippen LogP contribution < -0.4 is 19.6 Å². The number of benzene rings is 2. The van der Waals surface area contributed by atoms with Gasteiger partial charge in [0.05, 0.1) is 26.0 Å². The van der Waals surface area contributed by atoms with Gasteiger partial charge in [-0.25, -0.2) is 9.79 Å². The van der Waals surface area contributed by atoms with Crippen molar-refractivity contribution in [2.45, 2.75) is 19.9 Å². The second-order valence-corrected chi connectivity index (χ2v) is 11.4. The number of rotatable bonds is 6. The molecule has 0 spiro atoms. The molecule has 6 nitrogen and oxygen atoms in total. The quantitative estimate of drug-likeness (QED) is 0.209. The second kappa shape index (κ2) is 11.5. The lowest BCUT2D eigenvalue weighted by Crippen LogP contribution is -2.40. The SMILES string of the molecule is C#CCOc1c(I)cc(I)cc1/C=c1\sc2n(c1=O)[C@H](c1ccccc1Cl)C(C(=O)OCC)=C(C)N=2. The minimum Gasteiger partial charge on any atom is -0.479 e. The van der Waals surface area contributed by atoms with E-state index in [4.69, 9.17) is 27.5 Å². The summed E-state index contributed by atoms with van der Waals surface area (Å²) in [6.07, 6.45) is 7.17. The van der Waals surface area contributed by atoms with Crippen LogP contribution >= 0.6 is 68.1 Å². The fraction of sp³-hybridized carbons (Fsp3) is 0.192. The lowest BCUT2D eigenvalue weighted by atomic mass is 9.96. The van der Waals surface area contributed by atoms with Crippen LogP contribution in [0.1, 0.15) is 31.0 Å². The zero-order valence-electron chi connectivity index (χ0n) is 19.2. The molecular formula is C26H19ClI2N2O4S. The molecule has 0 saturated carbocycles. The summed E-state index contributed by atoms with van der Waals surface area (Å²) in [5, 5.41) is 0.436. The molecule has 0 unspecified atom stereocenters. The summed E-state index contributed by atoms with van der Waals surface area (Å²) in [5.41, 5.74) is 1.81. The summed E-state index contributed by atoms with van der Waals surface area (Å²) >= 11 is 12.2. The van der Waals surface area contributed by atoms with Gasteiger partial charge >= 0.3 is 5.97 Å². The van der Waals surface area contributed by atoms with Crippen LogP contribution in [0.5, 0.6) is 5.75 Å². The predicted octanol–water partition coefficient (Wildman–Crippen LogP) is 4.67. The molecule has 0 fully saturated rings. The third-order valence-electron chi connectivity index (χ3n) is 5.34. The molecule has 10 heteroatoms. The number of fused-ring (bicyclic) bond motifs is 1. The molecule has 1 aliphatic rings. The molecule has 0 bridgehead atoms. The first-order valence-electron chi connectivity index (χ1n) is 10.8. The van der Waals surface area contributed by atoms with Gasteiger partial charge in [0.2, 0.25) is 0 Å². The molecule has 1 atom stereocenters. The van der Waals surface area contributed by atoms with E-state index in [1.54, 1.807) is 38.1 Å². The Kier molecular flexibility index (Phi) is 8.59. The van der Waals surface area contributed by atoms with E-state index in [1.807, 2.05) is 18.2 Å². The van der Waals surface area contributed by atoms with Crippen LogP contribution in [0.2, 0.25) is 5.02 Å². The van der Waals surface area contributed by atoms with Crippen LogP contribution in [0.3, 0.4) is 0 Å². The number of thiazole rings is 1. The fourth-order valence-electron chi connectivity index (χ4n) is 3.88. The number of carbonyl (C=O) groups is 1. The van der Waals surface area contributed by atoms with Crippen molar-refractivity contribution < 1.29 is 14.3 Å². The van der Waals surface area contributed by atoms with Gasteiger partial charge in [0.15, 0.2) is 4.80 Å². The van der Waals surface area contributed by atoms with Crippen molar-refractivity contribution in [2.75, 3.05) is 13.2 Å². The molecule has 0 radical (unpaired) electrons. The van der Waals surface area contributed by atoms with Crippen LogP contribution in [0, 0.1) is 19.5 Å². The number of allylic oxidation sites excluding steroid dienone is 1. The smallest absolute Gasteiger partial charge is 0.338 e. The average molecular weight is 745 g/mol. The Labute approximate surface area is 244 Å². The van der Waals surface area contributed by atoms with E-state index >= 15 is 0 Å². The number of terminal acetylenes is 1. The first-order chi connectivity index (χ1) is 17.3. The highest BCUT2D eigenvalue weighted by atomic mass is 127. The number of hydrogen-bond acceptors (Lipinski definition) is 6. The predicted molar refractivity (Wildman–Crippen MR) is 158 cm³/mol. The Morgan fingerprint density at radius 1 is 1.33 bits per heavy atom. The highest BCUT2D eigenvalue weighted by molar-refractivity contribution is 14.1. The molecule has 2 aromatic carbocycles. The van der Waals surface area contributed by atoms with Gasteiger partial charge in [-0.15, -0.1) is 6.42 Å². The number of halogens is 3. The van der Waals surface area contributed by atoms with Crippen molar-refractivity contribution in [1.82, 2.24) is 4.57 Å². The molecule has 36 heavy (non-hydrogen) atoms. The Bertz CT molecular complexity index is 1620. The molecule has 1 aliphatic heterocycles. The van der Waals surface area contributed by atoms with Crippen LogP contribution in [0.15, 0.2) is 57.5 Å². The molecule has 0 saturated heterocycles. The molecule has 0 N–H and O–H groups in total. The lowest BCUT2D eigenvalue weighted by Gasteiger charge is -2.25.